The quantitative estimate of drug-likeness (QED) is 0.202. The smallest absolute Gasteiger partial charge is 0.271 e. The van der Waals surface area contributed by atoms with Gasteiger partial charge in [0.25, 0.3) is 5.69 Å². The van der Waals surface area contributed by atoms with Crippen LogP contribution < -0.4 is 9.64 Å². The Bertz CT molecular complexity index is 1650. The van der Waals surface area contributed by atoms with Gasteiger partial charge in [0.2, 0.25) is 11.8 Å². The number of nitro benzene ring substituents is 1. The molecular formula is C30H24N2O8. The SMILES string of the molecule is COc1ccc([C@H]2C3=CC[C@@H]4C(=O)N(c5cccc([N+](=O)[O-])c5)C(=O)[C@@H]4[C@@H]3CC3=C2C(=O)C(C)=CC3=O)c(O)c1. The van der Waals surface area contributed by atoms with Gasteiger partial charge < -0.3 is 9.84 Å². The zero-order valence-electron chi connectivity index (χ0n) is 21.6. The number of nitro groups is 1. The molecule has 4 aliphatic rings. The summed E-state index contributed by atoms with van der Waals surface area (Å²) in [5.74, 6) is -4.26. The number of amides is 2. The number of benzene rings is 2. The Kier molecular flexibility index (Phi) is 5.79. The molecule has 0 saturated carbocycles. The minimum atomic E-state index is -0.835. The molecule has 1 heterocycles. The number of allylic oxidation sites excluding steroid dienone is 6. The molecule has 4 atom stereocenters. The molecule has 2 aromatic rings. The summed E-state index contributed by atoms with van der Waals surface area (Å²) >= 11 is 0. The Balaban J connectivity index is 1.48. The van der Waals surface area contributed by atoms with E-state index in [1.165, 1.54) is 43.5 Å². The monoisotopic (exact) mass is 540 g/mol. The van der Waals surface area contributed by atoms with E-state index in [0.717, 1.165) is 4.90 Å². The molecule has 6 rings (SSSR count). The van der Waals surface area contributed by atoms with Crippen LogP contribution in [0.3, 0.4) is 0 Å². The summed E-state index contributed by atoms with van der Waals surface area (Å²) in [6.07, 6.45) is 3.43. The average molecular weight is 541 g/mol. The molecule has 40 heavy (non-hydrogen) atoms. The summed E-state index contributed by atoms with van der Waals surface area (Å²) in [6.45, 7) is 1.57. The highest BCUT2D eigenvalue weighted by atomic mass is 16.6. The van der Waals surface area contributed by atoms with Crippen molar-refractivity contribution in [1.29, 1.82) is 0 Å². The van der Waals surface area contributed by atoms with Crippen LogP contribution in [0.5, 0.6) is 11.5 Å². The number of ether oxygens (including phenoxy) is 1. The number of hydrogen-bond donors (Lipinski definition) is 1. The minimum Gasteiger partial charge on any atom is -0.507 e. The van der Waals surface area contributed by atoms with Crippen LogP contribution in [0.25, 0.3) is 0 Å². The lowest BCUT2D eigenvalue weighted by Gasteiger charge is -2.42. The Hall–Kier alpha value is -4.86. The van der Waals surface area contributed by atoms with Crippen molar-refractivity contribution in [2.75, 3.05) is 12.0 Å². The van der Waals surface area contributed by atoms with Gasteiger partial charge in [0, 0.05) is 46.4 Å². The van der Waals surface area contributed by atoms with Crippen molar-refractivity contribution in [2.45, 2.75) is 25.7 Å². The molecule has 1 fully saturated rings. The van der Waals surface area contributed by atoms with Gasteiger partial charge in [0.15, 0.2) is 11.6 Å². The number of nitrogens with zero attached hydrogens (tertiary/aromatic N) is 2. The van der Waals surface area contributed by atoms with Crippen LogP contribution in [0.4, 0.5) is 11.4 Å². The molecule has 0 bridgehead atoms. The van der Waals surface area contributed by atoms with E-state index < -0.39 is 40.4 Å². The van der Waals surface area contributed by atoms with Crippen molar-refractivity contribution < 1.29 is 33.9 Å². The third kappa shape index (κ3) is 3.63. The predicted molar refractivity (Wildman–Crippen MR) is 142 cm³/mol. The van der Waals surface area contributed by atoms with E-state index in [1.54, 1.807) is 19.1 Å². The summed E-state index contributed by atoms with van der Waals surface area (Å²) in [7, 11) is 1.46. The highest BCUT2D eigenvalue weighted by Gasteiger charge is 2.57. The molecule has 10 nitrogen and oxygen atoms in total. The van der Waals surface area contributed by atoms with Crippen molar-refractivity contribution >= 4 is 34.8 Å². The Morgan fingerprint density at radius 2 is 1.82 bits per heavy atom. The Morgan fingerprint density at radius 3 is 2.52 bits per heavy atom. The van der Waals surface area contributed by atoms with Gasteiger partial charge in [0.1, 0.15) is 11.5 Å². The molecular weight excluding hydrogens is 516 g/mol. The van der Waals surface area contributed by atoms with Crippen molar-refractivity contribution in [2.24, 2.45) is 17.8 Å². The number of imide groups is 1. The second-order valence-electron chi connectivity index (χ2n) is 10.4. The number of rotatable bonds is 4. The van der Waals surface area contributed by atoms with Crippen LogP contribution in [0, 0.1) is 27.9 Å². The molecule has 1 saturated heterocycles. The summed E-state index contributed by atoms with van der Waals surface area (Å²) < 4.78 is 5.22. The van der Waals surface area contributed by atoms with E-state index in [9.17, 15) is 34.4 Å². The first-order valence-corrected chi connectivity index (χ1v) is 12.8. The zero-order valence-corrected chi connectivity index (χ0v) is 21.6. The first-order chi connectivity index (χ1) is 19.1. The fourth-order valence-corrected chi connectivity index (χ4v) is 6.61. The van der Waals surface area contributed by atoms with Crippen molar-refractivity contribution in [3.8, 4) is 11.5 Å². The normalized spacial score (nSPS) is 25.7. The number of Topliss-reactive ketones (excluding diaryl/α,β-unsaturated/α-hetero) is 1. The summed E-state index contributed by atoms with van der Waals surface area (Å²) in [4.78, 5) is 65.9. The minimum absolute atomic E-state index is 0.0892. The van der Waals surface area contributed by atoms with Crippen molar-refractivity contribution in [1.82, 2.24) is 0 Å². The van der Waals surface area contributed by atoms with Crippen LogP contribution in [-0.2, 0) is 19.2 Å². The molecule has 3 aliphatic carbocycles. The number of aromatic hydroxyl groups is 1. The summed E-state index contributed by atoms with van der Waals surface area (Å²) in [5, 5.41) is 22.3. The van der Waals surface area contributed by atoms with Crippen LogP contribution in [-0.4, -0.2) is 40.5 Å². The number of phenols is 1. The summed E-state index contributed by atoms with van der Waals surface area (Å²) in [5.41, 5.74) is 1.79. The molecule has 10 heteroatoms. The topological polar surface area (TPSA) is 144 Å². The number of non-ortho nitro benzene ring substituents is 1. The second-order valence-corrected chi connectivity index (χ2v) is 10.4. The van der Waals surface area contributed by atoms with Gasteiger partial charge in [-0.2, -0.15) is 0 Å². The molecule has 1 aliphatic heterocycles. The third-order valence-electron chi connectivity index (χ3n) is 8.41. The predicted octanol–water partition coefficient (Wildman–Crippen LogP) is 3.94. The van der Waals surface area contributed by atoms with Crippen molar-refractivity contribution in [3.63, 3.8) is 0 Å². The molecule has 1 N–H and O–H groups in total. The van der Waals surface area contributed by atoms with Gasteiger partial charge >= 0.3 is 0 Å². The Morgan fingerprint density at radius 1 is 1.05 bits per heavy atom. The molecule has 2 amide bonds. The fraction of sp³-hybridized carbons (Fsp3) is 0.267. The van der Waals surface area contributed by atoms with Gasteiger partial charge in [-0.1, -0.05) is 23.8 Å². The molecule has 0 radical (unpaired) electrons. The number of methoxy groups -OCH3 is 1. The highest BCUT2D eigenvalue weighted by molar-refractivity contribution is 6.25. The zero-order chi connectivity index (χ0) is 28.5. The number of phenolic OH excluding ortho intramolecular Hbond substituents is 1. The maximum absolute atomic E-state index is 13.9. The number of anilines is 1. The number of ketones is 2. The van der Waals surface area contributed by atoms with Crippen LogP contribution in [0.1, 0.15) is 31.2 Å². The maximum atomic E-state index is 13.9. The van der Waals surface area contributed by atoms with Crippen LogP contribution in [0.2, 0.25) is 0 Å². The van der Waals surface area contributed by atoms with E-state index in [0.29, 0.717) is 22.5 Å². The van der Waals surface area contributed by atoms with E-state index >= 15 is 0 Å². The van der Waals surface area contributed by atoms with E-state index in [4.69, 9.17) is 4.74 Å². The van der Waals surface area contributed by atoms with E-state index in [-0.39, 0.29) is 52.7 Å². The summed E-state index contributed by atoms with van der Waals surface area (Å²) in [6, 6.07) is 10.1. The fourth-order valence-electron chi connectivity index (χ4n) is 6.61. The van der Waals surface area contributed by atoms with Gasteiger partial charge in [-0.15, -0.1) is 0 Å². The maximum Gasteiger partial charge on any atom is 0.271 e. The number of carbonyl (C=O) groups excluding carboxylic acids is 4. The van der Waals surface area contributed by atoms with E-state index in [1.807, 2.05) is 6.08 Å². The van der Waals surface area contributed by atoms with Crippen LogP contribution >= 0.6 is 0 Å². The molecule has 0 aromatic heterocycles. The highest BCUT2D eigenvalue weighted by Crippen LogP contribution is 2.56. The largest absolute Gasteiger partial charge is 0.507 e. The van der Waals surface area contributed by atoms with E-state index in [2.05, 4.69) is 0 Å². The molecule has 2 aromatic carbocycles. The lowest BCUT2D eigenvalue weighted by atomic mass is 9.59. The second kappa shape index (κ2) is 9.11. The lowest BCUT2D eigenvalue weighted by Crippen LogP contribution is -2.39. The first-order valence-electron chi connectivity index (χ1n) is 12.8. The van der Waals surface area contributed by atoms with Crippen molar-refractivity contribution in [3.05, 3.63) is 92.6 Å². The number of fused-ring (bicyclic) bond motifs is 3. The first kappa shape index (κ1) is 25.4. The van der Waals surface area contributed by atoms with Gasteiger partial charge in [-0.05, 0) is 43.9 Å². The average Bonchev–Trinajstić information content (AvgIpc) is 3.20. The molecule has 0 unspecified atom stereocenters. The van der Waals surface area contributed by atoms with Gasteiger partial charge in [-0.3, -0.25) is 29.3 Å². The lowest BCUT2D eigenvalue weighted by molar-refractivity contribution is -0.384. The van der Waals surface area contributed by atoms with Gasteiger partial charge in [0.05, 0.1) is 29.6 Å². The molecule has 0 spiro atoms. The standard InChI is InChI=1S/C30H24N2O8/c1-14-10-23(33)22-13-21-18(25(27(22)28(14)35)19-7-6-17(40-2)12-24(19)34)8-9-20-26(21)30(37)31(29(20)36)15-4-3-5-16(11-15)32(38)39/h3-8,10-12,20-21,25-26,34H,9,13H2,1-2H3/t20-,21+,25+,26-/m0/s1. The third-order valence-corrected chi connectivity index (χ3v) is 8.41. The Labute approximate surface area is 228 Å². The number of carbonyl (C=O) groups is 4. The number of hydrogen-bond acceptors (Lipinski definition) is 8. The van der Waals surface area contributed by atoms with Crippen LogP contribution in [0.15, 0.2) is 76.9 Å². The van der Waals surface area contributed by atoms with Gasteiger partial charge in [-0.25, -0.2) is 4.90 Å². The molecule has 202 valence electrons.